The van der Waals surface area contributed by atoms with Crippen molar-refractivity contribution in [3.8, 4) is 0 Å². The van der Waals surface area contributed by atoms with Crippen LogP contribution < -0.4 is 5.69 Å². The van der Waals surface area contributed by atoms with Crippen LogP contribution in [0.1, 0.15) is 49.0 Å². The number of benzene rings is 2. The van der Waals surface area contributed by atoms with Gasteiger partial charge in [-0.15, -0.1) is 0 Å². The summed E-state index contributed by atoms with van der Waals surface area (Å²) in [7, 11) is 0. The number of ether oxygens (including phenoxy) is 1. The van der Waals surface area contributed by atoms with Crippen molar-refractivity contribution in [3.05, 3.63) is 100 Å². The highest BCUT2D eigenvalue weighted by Gasteiger charge is 2.28. The maximum absolute atomic E-state index is 14.1. The molecule has 5 aromatic rings. The van der Waals surface area contributed by atoms with E-state index in [9.17, 15) is 9.59 Å². The number of esters is 1. The lowest BCUT2D eigenvalue weighted by Gasteiger charge is -2.18. The summed E-state index contributed by atoms with van der Waals surface area (Å²) in [5.41, 5.74) is 5.10. The van der Waals surface area contributed by atoms with Gasteiger partial charge in [0.05, 0.1) is 30.6 Å². The van der Waals surface area contributed by atoms with Gasteiger partial charge >= 0.3 is 11.7 Å². The lowest BCUT2D eigenvalue weighted by Crippen LogP contribution is -2.31. The van der Waals surface area contributed by atoms with Crippen molar-refractivity contribution in [1.29, 1.82) is 0 Å². The number of hydrogen-bond donors (Lipinski definition) is 1. The molecule has 0 aliphatic heterocycles. The number of carbonyl (C=O) groups excluding carboxylic acids is 1. The quantitative estimate of drug-likeness (QED) is 0.335. The molecule has 1 N–H and O–H groups in total. The van der Waals surface area contributed by atoms with Crippen LogP contribution in [0.15, 0.2) is 77.9 Å². The van der Waals surface area contributed by atoms with Gasteiger partial charge < -0.3 is 9.72 Å². The van der Waals surface area contributed by atoms with E-state index in [-0.39, 0.29) is 30.7 Å². The maximum atomic E-state index is 14.1. The molecular weight excluding hydrogens is 440 g/mol. The molecule has 3 aromatic heterocycles. The van der Waals surface area contributed by atoms with Gasteiger partial charge in [-0.2, -0.15) is 0 Å². The van der Waals surface area contributed by atoms with Crippen molar-refractivity contribution in [2.45, 2.75) is 39.3 Å². The van der Waals surface area contributed by atoms with Crippen LogP contribution in [0.25, 0.3) is 22.1 Å². The predicted molar refractivity (Wildman–Crippen MR) is 137 cm³/mol. The van der Waals surface area contributed by atoms with Gasteiger partial charge in [-0.05, 0) is 50.1 Å². The SMILES string of the molecule is CCOC(=O)CC(c1ccccc1)n1c(=O)n(C(C)c2c[nH]c3cccc(C)c23)c2cccnc21. The molecule has 7 nitrogen and oxygen atoms in total. The number of pyridine rings is 1. The normalized spacial score (nSPS) is 13.2. The van der Waals surface area contributed by atoms with Crippen LogP contribution in [-0.2, 0) is 9.53 Å². The Morgan fingerprint density at radius 3 is 2.63 bits per heavy atom. The first-order valence-electron chi connectivity index (χ1n) is 11.9. The molecule has 2 unspecified atom stereocenters. The molecule has 7 heteroatoms. The van der Waals surface area contributed by atoms with Gasteiger partial charge in [0.15, 0.2) is 5.65 Å². The number of aryl methyl sites for hydroxylation is 1. The zero-order valence-corrected chi connectivity index (χ0v) is 20.1. The summed E-state index contributed by atoms with van der Waals surface area (Å²) >= 11 is 0. The third kappa shape index (κ3) is 3.93. The summed E-state index contributed by atoms with van der Waals surface area (Å²) < 4.78 is 8.67. The second-order valence-corrected chi connectivity index (χ2v) is 8.72. The minimum absolute atomic E-state index is 0.0357. The first kappa shape index (κ1) is 22.7. The van der Waals surface area contributed by atoms with Gasteiger partial charge in [-0.1, -0.05) is 42.5 Å². The van der Waals surface area contributed by atoms with Crippen LogP contribution in [0.2, 0.25) is 0 Å². The molecule has 3 heterocycles. The molecule has 178 valence electrons. The van der Waals surface area contributed by atoms with Gasteiger partial charge in [0.1, 0.15) is 0 Å². The molecular formula is C28H28N4O3. The maximum Gasteiger partial charge on any atom is 0.331 e. The Balaban J connectivity index is 1.72. The van der Waals surface area contributed by atoms with E-state index in [0.717, 1.165) is 33.1 Å². The first-order valence-corrected chi connectivity index (χ1v) is 11.9. The molecule has 5 rings (SSSR count). The Bertz CT molecular complexity index is 1560. The molecule has 0 fully saturated rings. The van der Waals surface area contributed by atoms with E-state index in [2.05, 4.69) is 23.0 Å². The summed E-state index contributed by atoms with van der Waals surface area (Å²) in [6.45, 7) is 6.16. The van der Waals surface area contributed by atoms with Crippen molar-refractivity contribution in [2.75, 3.05) is 6.61 Å². The van der Waals surface area contributed by atoms with Crippen molar-refractivity contribution in [1.82, 2.24) is 19.1 Å². The van der Waals surface area contributed by atoms with Crippen LogP contribution in [0.4, 0.5) is 0 Å². The Kier molecular flexibility index (Phi) is 5.99. The van der Waals surface area contributed by atoms with Gasteiger partial charge in [0, 0.05) is 28.9 Å². The molecule has 0 aliphatic rings. The number of hydrogen-bond acceptors (Lipinski definition) is 4. The van der Waals surface area contributed by atoms with E-state index >= 15 is 0 Å². The van der Waals surface area contributed by atoms with Crippen molar-refractivity contribution in [2.24, 2.45) is 0 Å². The molecule has 0 saturated heterocycles. The van der Waals surface area contributed by atoms with Crippen molar-refractivity contribution in [3.63, 3.8) is 0 Å². The van der Waals surface area contributed by atoms with Crippen LogP contribution >= 0.6 is 0 Å². The second kappa shape index (κ2) is 9.25. The zero-order valence-electron chi connectivity index (χ0n) is 20.1. The van der Waals surface area contributed by atoms with Gasteiger partial charge in [-0.25, -0.2) is 9.78 Å². The summed E-state index contributed by atoms with van der Waals surface area (Å²) in [5.74, 6) is -0.356. The largest absolute Gasteiger partial charge is 0.466 e. The van der Waals surface area contributed by atoms with E-state index in [0.29, 0.717) is 5.65 Å². The minimum Gasteiger partial charge on any atom is -0.466 e. The average Bonchev–Trinajstić information content (AvgIpc) is 3.43. The lowest BCUT2D eigenvalue weighted by atomic mass is 10.0. The highest BCUT2D eigenvalue weighted by atomic mass is 16.5. The zero-order chi connectivity index (χ0) is 24.5. The number of H-pyrrole nitrogens is 1. The molecule has 0 radical (unpaired) electrons. The van der Waals surface area contributed by atoms with E-state index in [1.54, 1.807) is 22.3 Å². The third-order valence-electron chi connectivity index (χ3n) is 6.61. The number of carbonyl (C=O) groups is 1. The lowest BCUT2D eigenvalue weighted by molar-refractivity contribution is -0.143. The van der Waals surface area contributed by atoms with Crippen molar-refractivity contribution >= 4 is 28.0 Å². The monoisotopic (exact) mass is 468 g/mol. The number of fused-ring (bicyclic) bond motifs is 2. The fourth-order valence-electron chi connectivity index (χ4n) is 5.01. The van der Waals surface area contributed by atoms with Crippen LogP contribution in [0.5, 0.6) is 0 Å². The number of aromatic nitrogens is 4. The molecule has 35 heavy (non-hydrogen) atoms. The summed E-state index contributed by atoms with van der Waals surface area (Å²) in [5, 5.41) is 1.11. The Labute approximate surface area is 203 Å². The molecule has 0 saturated carbocycles. The van der Waals surface area contributed by atoms with Gasteiger partial charge in [0.2, 0.25) is 0 Å². The molecule has 0 bridgehead atoms. The van der Waals surface area contributed by atoms with Crippen LogP contribution in [0.3, 0.4) is 0 Å². The standard InChI is InChI=1S/C28H28N4O3/c1-4-35-25(33)16-24(20-11-6-5-7-12-20)32-27-23(14-9-15-29-27)31(28(32)34)19(3)21-17-30-22-13-8-10-18(2)26(21)22/h5-15,17,19,24,30H,4,16H2,1-3H3. The Morgan fingerprint density at radius 1 is 1.06 bits per heavy atom. The average molecular weight is 469 g/mol. The van der Waals surface area contributed by atoms with Gasteiger partial charge in [-0.3, -0.25) is 13.9 Å². The van der Waals surface area contributed by atoms with Gasteiger partial charge in [0.25, 0.3) is 0 Å². The van der Waals surface area contributed by atoms with Crippen molar-refractivity contribution < 1.29 is 9.53 Å². The minimum atomic E-state index is -0.543. The van der Waals surface area contributed by atoms with E-state index in [1.807, 2.05) is 67.7 Å². The number of aromatic amines is 1. The Morgan fingerprint density at radius 2 is 1.86 bits per heavy atom. The Hall–Kier alpha value is -4.13. The summed E-state index contributed by atoms with van der Waals surface area (Å²) in [6.07, 6.45) is 3.69. The number of nitrogens with zero attached hydrogens (tertiary/aromatic N) is 3. The first-order chi connectivity index (χ1) is 17.0. The summed E-state index contributed by atoms with van der Waals surface area (Å²) in [4.78, 5) is 34.6. The van der Waals surface area contributed by atoms with Crippen LogP contribution in [0, 0.1) is 6.92 Å². The molecule has 0 aliphatic carbocycles. The number of imidazole rings is 1. The van der Waals surface area contributed by atoms with E-state index in [1.165, 1.54) is 0 Å². The summed E-state index contributed by atoms with van der Waals surface area (Å²) in [6, 6.07) is 18.6. The molecule has 2 aromatic carbocycles. The number of nitrogens with one attached hydrogen (secondary N) is 1. The number of rotatable bonds is 7. The fraction of sp³-hybridized carbons (Fsp3) is 0.250. The van der Waals surface area contributed by atoms with E-state index in [4.69, 9.17) is 4.74 Å². The molecule has 0 spiro atoms. The predicted octanol–water partition coefficient (Wildman–Crippen LogP) is 5.14. The van der Waals surface area contributed by atoms with Crippen LogP contribution in [-0.4, -0.2) is 31.7 Å². The van der Waals surface area contributed by atoms with E-state index < -0.39 is 6.04 Å². The smallest absolute Gasteiger partial charge is 0.331 e. The topological polar surface area (TPSA) is 81.9 Å². The third-order valence-corrected chi connectivity index (χ3v) is 6.61. The molecule has 2 atom stereocenters. The highest BCUT2D eigenvalue weighted by molar-refractivity contribution is 5.87. The molecule has 0 amide bonds. The highest BCUT2D eigenvalue weighted by Crippen LogP contribution is 2.32. The second-order valence-electron chi connectivity index (χ2n) is 8.72. The fourth-order valence-corrected chi connectivity index (χ4v) is 5.01.